The Morgan fingerprint density at radius 1 is 1.00 bits per heavy atom. The Balaban J connectivity index is 1.61. The smallest absolute Gasteiger partial charge is 0.262 e. The van der Waals surface area contributed by atoms with E-state index in [1.807, 2.05) is 25.1 Å². The normalized spacial score (nSPS) is 12.1. The molecule has 0 spiro atoms. The van der Waals surface area contributed by atoms with E-state index in [-0.39, 0.29) is 17.5 Å². The lowest BCUT2D eigenvalue weighted by molar-refractivity contribution is -0.118. The van der Waals surface area contributed by atoms with E-state index < -0.39 is 15.9 Å². The van der Waals surface area contributed by atoms with Gasteiger partial charge in [0.1, 0.15) is 11.5 Å². The van der Waals surface area contributed by atoms with Crippen LogP contribution < -0.4 is 19.5 Å². The van der Waals surface area contributed by atoms with Gasteiger partial charge in [0.05, 0.1) is 10.6 Å². The minimum absolute atomic E-state index is 0.126. The maximum absolute atomic E-state index is 12.4. The highest BCUT2D eigenvalue weighted by Crippen LogP contribution is 2.32. The molecule has 3 aromatic carbocycles. The second-order valence-corrected chi connectivity index (χ2v) is 9.44. The largest absolute Gasteiger partial charge is 0.484 e. The number of rotatable bonds is 10. The highest BCUT2D eigenvalue weighted by atomic mass is 35.5. The van der Waals surface area contributed by atoms with Crippen molar-refractivity contribution in [2.45, 2.75) is 31.2 Å². The summed E-state index contributed by atoms with van der Waals surface area (Å²) in [5.74, 6) is 0.983. The molecule has 0 heterocycles. The van der Waals surface area contributed by atoms with Crippen molar-refractivity contribution in [1.29, 1.82) is 0 Å². The van der Waals surface area contributed by atoms with E-state index in [4.69, 9.17) is 21.1 Å². The summed E-state index contributed by atoms with van der Waals surface area (Å²) in [4.78, 5) is 12.6. The minimum Gasteiger partial charge on any atom is -0.484 e. The van der Waals surface area contributed by atoms with Gasteiger partial charge in [-0.05, 0) is 67.9 Å². The van der Waals surface area contributed by atoms with Crippen LogP contribution in [0.5, 0.6) is 17.2 Å². The summed E-state index contributed by atoms with van der Waals surface area (Å²) in [6.07, 6.45) is 0.681. The molecule has 0 fully saturated rings. The number of carbonyl (C=O) groups excluding carboxylic acids is 1. The summed E-state index contributed by atoms with van der Waals surface area (Å²) < 4.78 is 38.6. The zero-order valence-corrected chi connectivity index (χ0v) is 19.8. The number of hydrogen-bond donors (Lipinski definition) is 2. The van der Waals surface area contributed by atoms with E-state index in [2.05, 4.69) is 10.0 Å². The van der Waals surface area contributed by atoms with E-state index in [0.717, 1.165) is 0 Å². The monoisotopic (exact) mass is 488 g/mol. The van der Waals surface area contributed by atoms with Gasteiger partial charge in [0, 0.05) is 11.1 Å². The molecule has 0 unspecified atom stereocenters. The molecule has 33 heavy (non-hydrogen) atoms. The van der Waals surface area contributed by atoms with Gasteiger partial charge in [-0.15, -0.1) is 0 Å². The maximum atomic E-state index is 12.4. The second kappa shape index (κ2) is 11.2. The van der Waals surface area contributed by atoms with Crippen LogP contribution in [0.25, 0.3) is 0 Å². The average Bonchev–Trinajstić information content (AvgIpc) is 2.80. The molecule has 1 amide bonds. The highest BCUT2D eigenvalue weighted by molar-refractivity contribution is 7.89. The summed E-state index contributed by atoms with van der Waals surface area (Å²) in [7, 11) is -3.61. The van der Waals surface area contributed by atoms with Crippen molar-refractivity contribution in [2.24, 2.45) is 0 Å². The van der Waals surface area contributed by atoms with Crippen molar-refractivity contribution >= 4 is 33.2 Å². The van der Waals surface area contributed by atoms with Crippen LogP contribution in [0.3, 0.4) is 0 Å². The average molecular weight is 489 g/mol. The van der Waals surface area contributed by atoms with E-state index in [9.17, 15) is 13.2 Å². The third-order valence-electron chi connectivity index (χ3n) is 4.66. The fraction of sp³-hybridized carbons (Fsp3) is 0.208. The van der Waals surface area contributed by atoms with E-state index in [0.29, 0.717) is 34.4 Å². The van der Waals surface area contributed by atoms with Gasteiger partial charge in [-0.2, -0.15) is 0 Å². The van der Waals surface area contributed by atoms with Gasteiger partial charge in [-0.1, -0.05) is 36.7 Å². The molecule has 0 aromatic heterocycles. The molecule has 0 aliphatic carbocycles. The minimum atomic E-state index is -3.61. The second-order valence-electron chi connectivity index (χ2n) is 7.29. The number of carbonyl (C=O) groups is 1. The Hall–Kier alpha value is -3.07. The van der Waals surface area contributed by atoms with Gasteiger partial charge >= 0.3 is 0 Å². The third kappa shape index (κ3) is 7.21. The Morgan fingerprint density at radius 2 is 1.70 bits per heavy atom. The lowest BCUT2D eigenvalue weighted by Crippen LogP contribution is -2.31. The van der Waals surface area contributed by atoms with Crippen LogP contribution in [-0.2, 0) is 14.8 Å². The molecule has 0 aliphatic rings. The predicted octanol–water partition coefficient (Wildman–Crippen LogP) is 5.23. The molecule has 0 radical (unpaired) electrons. The number of para-hydroxylation sites is 1. The Labute approximate surface area is 198 Å². The zero-order valence-electron chi connectivity index (χ0n) is 18.2. The first-order valence-corrected chi connectivity index (χ1v) is 12.2. The molecule has 2 N–H and O–H groups in total. The first kappa shape index (κ1) is 24.6. The van der Waals surface area contributed by atoms with Gasteiger partial charge in [-0.3, -0.25) is 4.79 Å². The Bertz CT molecular complexity index is 1190. The topological polar surface area (TPSA) is 93.7 Å². The molecule has 1 atom stereocenters. The molecule has 3 aromatic rings. The van der Waals surface area contributed by atoms with Crippen LogP contribution in [-0.4, -0.2) is 27.0 Å². The molecule has 9 heteroatoms. The Kier molecular flexibility index (Phi) is 8.32. The molecular formula is C24H25ClN2O5S. The molecule has 0 bridgehead atoms. The highest BCUT2D eigenvalue weighted by Gasteiger charge is 2.17. The molecule has 0 saturated heterocycles. The summed E-state index contributed by atoms with van der Waals surface area (Å²) in [5.41, 5.74) is 0.400. The van der Waals surface area contributed by atoms with Crippen LogP contribution in [0.15, 0.2) is 77.7 Å². The maximum Gasteiger partial charge on any atom is 0.262 e. The van der Waals surface area contributed by atoms with Gasteiger partial charge in [0.2, 0.25) is 10.0 Å². The van der Waals surface area contributed by atoms with Crippen molar-refractivity contribution < 1.29 is 22.7 Å². The summed E-state index contributed by atoms with van der Waals surface area (Å²) in [5, 5.41) is 3.17. The molecule has 7 nitrogen and oxygen atoms in total. The SMILES string of the molecule is CC[C@@H](C)NS(=O)(=O)c1ccc(OCC(=O)Nc2cc(Cl)ccc2Oc2ccccc2)cc1. The number of sulfonamides is 1. The standard InChI is InChI=1S/C24H25ClN2O5S/c1-3-17(2)27-33(29,30)21-12-10-19(11-13-21)31-16-24(28)26-22-15-18(25)9-14-23(22)32-20-7-5-4-6-8-20/h4-15,17,27H,3,16H2,1-2H3,(H,26,28)/t17-/m1/s1. The molecule has 3 rings (SSSR count). The lowest BCUT2D eigenvalue weighted by atomic mass is 10.2. The van der Waals surface area contributed by atoms with Crippen LogP contribution in [0.4, 0.5) is 5.69 Å². The van der Waals surface area contributed by atoms with Crippen LogP contribution in [0.2, 0.25) is 5.02 Å². The van der Waals surface area contributed by atoms with E-state index in [1.165, 1.54) is 24.3 Å². The third-order valence-corrected chi connectivity index (χ3v) is 6.50. The van der Waals surface area contributed by atoms with Crippen LogP contribution >= 0.6 is 11.6 Å². The summed E-state index contributed by atoms with van der Waals surface area (Å²) >= 11 is 6.08. The molecule has 0 saturated carbocycles. The van der Waals surface area contributed by atoms with Gasteiger partial charge < -0.3 is 14.8 Å². The van der Waals surface area contributed by atoms with Gasteiger partial charge in [0.25, 0.3) is 5.91 Å². The summed E-state index contributed by atoms with van der Waals surface area (Å²) in [6.45, 7) is 3.41. The van der Waals surface area contributed by atoms with Gasteiger partial charge in [-0.25, -0.2) is 13.1 Å². The van der Waals surface area contributed by atoms with Crippen molar-refractivity contribution in [2.75, 3.05) is 11.9 Å². The number of benzene rings is 3. The Morgan fingerprint density at radius 3 is 2.36 bits per heavy atom. The fourth-order valence-corrected chi connectivity index (χ4v) is 4.27. The van der Waals surface area contributed by atoms with Crippen LogP contribution in [0.1, 0.15) is 20.3 Å². The number of anilines is 1. The zero-order chi connectivity index (χ0) is 23.8. The van der Waals surface area contributed by atoms with Crippen molar-refractivity contribution in [3.8, 4) is 17.2 Å². The van der Waals surface area contributed by atoms with Crippen molar-refractivity contribution in [3.63, 3.8) is 0 Å². The number of nitrogens with one attached hydrogen (secondary N) is 2. The van der Waals surface area contributed by atoms with E-state index in [1.54, 1.807) is 37.3 Å². The fourth-order valence-electron chi connectivity index (χ4n) is 2.77. The van der Waals surface area contributed by atoms with Crippen molar-refractivity contribution in [1.82, 2.24) is 4.72 Å². The van der Waals surface area contributed by atoms with Gasteiger partial charge in [0.15, 0.2) is 12.4 Å². The summed E-state index contributed by atoms with van der Waals surface area (Å²) in [6, 6.07) is 19.8. The predicted molar refractivity (Wildman–Crippen MR) is 129 cm³/mol. The molecule has 174 valence electrons. The molecular weight excluding hydrogens is 464 g/mol. The first-order valence-electron chi connectivity index (χ1n) is 10.3. The lowest BCUT2D eigenvalue weighted by Gasteiger charge is -2.14. The number of amides is 1. The number of halogens is 1. The molecule has 0 aliphatic heterocycles. The number of hydrogen-bond acceptors (Lipinski definition) is 5. The number of ether oxygens (including phenoxy) is 2. The van der Waals surface area contributed by atoms with Crippen molar-refractivity contribution in [3.05, 3.63) is 77.8 Å². The first-order chi connectivity index (χ1) is 15.8. The quantitative estimate of drug-likeness (QED) is 0.407. The van der Waals surface area contributed by atoms with E-state index >= 15 is 0 Å². The van der Waals surface area contributed by atoms with Crippen LogP contribution in [0, 0.1) is 0 Å².